The molecule has 2 aromatic carbocycles. The number of hydrogen-bond donors (Lipinski definition) is 2. The van der Waals surface area contributed by atoms with Gasteiger partial charge < -0.3 is 10.6 Å². The molecule has 0 spiro atoms. The lowest BCUT2D eigenvalue weighted by Crippen LogP contribution is -2.14. The van der Waals surface area contributed by atoms with Gasteiger partial charge >= 0.3 is 0 Å². The number of carbonyl (C=O) groups is 1. The van der Waals surface area contributed by atoms with E-state index in [1.807, 2.05) is 12.1 Å². The normalized spacial score (nSPS) is 10.3. The Morgan fingerprint density at radius 2 is 1.84 bits per heavy atom. The fourth-order valence-electron chi connectivity index (χ4n) is 2.30. The van der Waals surface area contributed by atoms with Crippen molar-refractivity contribution in [3.63, 3.8) is 0 Å². The molecule has 1 amide bonds. The molecular formula is C19H17ClN4O. The summed E-state index contributed by atoms with van der Waals surface area (Å²) in [7, 11) is 0. The summed E-state index contributed by atoms with van der Waals surface area (Å²) in [5.74, 6) is 0.295. The van der Waals surface area contributed by atoms with Gasteiger partial charge in [0.1, 0.15) is 17.8 Å². The van der Waals surface area contributed by atoms with Gasteiger partial charge in [-0.05, 0) is 42.3 Å². The molecule has 3 rings (SSSR count). The first-order chi connectivity index (χ1) is 12.1. The summed E-state index contributed by atoms with van der Waals surface area (Å²) in [6.45, 7) is 2.68. The van der Waals surface area contributed by atoms with Crippen molar-refractivity contribution in [2.75, 3.05) is 10.6 Å². The molecule has 0 bridgehead atoms. The van der Waals surface area contributed by atoms with Gasteiger partial charge in [0.15, 0.2) is 0 Å². The van der Waals surface area contributed by atoms with Gasteiger partial charge in [0.25, 0.3) is 5.91 Å². The molecule has 6 heteroatoms. The topological polar surface area (TPSA) is 66.9 Å². The first kappa shape index (κ1) is 16.9. The van der Waals surface area contributed by atoms with Crippen LogP contribution < -0.4 is 10.6 Å². The van der Waals surface area contributed by atoms with E-state index in [-0.39, 0.29) is 11.6 Å². The summed E-state index contributed by atoms with van der Waals surface area (Å²) in [4.78, 5) is 20.5. The van der Waals surface area contributed by atoms with E-state index < -0.39 is 0 Å². The van der Waals surface area contributed by atoms with Crippen LogP contribution in [0.2, 0.25) is 5.02 Å². The van der Waals surface area contributed by atoms with E-state index in [2.05, 4.69) is 39.7 Å². The number of halogens is 1. The van der Waals surface area contributed by atoms with Crippen LogP contribution in [0.15, 0.2) is 60.9 Å². The number of rotatable bonds is 5. The highest BCUT2D eigenvalue weighted by Crippen LogP contribution is 2.15. The molecule has 25 heavy (non-hydrogen) atoms. The lowest BCUT2D eigenvalue weighted by Gasteiger charge is -2.09. The van der Waals surface area contributed by atoms with E-state index in [1.54, 1.807) is 30.3 Å². The van der Waals surface area contributed by atoms with E-state index in [1.165, 1.54) is 17.5 Å². The second-order valence-electron chi connectivity index (χ2n) is 5.53. The summed E-state index contributed by atoms with van der Waals surface area (Å²) < 4.78 is 0. The average molecular weight is 353 g/mol. The SMILES string of the molecule is Cc1ccccc1CNc1cc(C(=O)Nc2ccc(Cl)cc2)ncn1. The van der Waals surface area contributed by atoms with Crippen molar-refractivity contribution in [2.45, 2.75) is 13.5 Å². The van der Waals surface area contributed by atoms with Crippen molar-refractivity contribution >= 4 is 29.0 Å². The van der Waals surface area contributed by atoms with Gasteiger partial charge in [-0.15, -0.1) is 0 Å². The van der Waals surface area contributed by atoms with Crippen LogP contribution in [-0.2, 0) is 6.54 Å². The predicted molar refractivity (Wildman–Crippen MR) is 99.9 cm³/mol. The summed E-state index contributed by atoms with van der Waals surface area (Å²) in [5.41, 5.74) is 3.32. The first-order valence-electron chi connectivity index (χ1n) is 7.79. The number of benzene rings is 2. The maximum Gasteiger partial charge on any atom is 0.274 e. The zero-order valence-electron chi connectivity index (χ0n) is 13.7. The lowest BCUT2D eigenvalue weighted by atomic mass is 10.1. The summed E-state index contributed by atoms with van der Waals surface area (Å²) in [6.07, 6.45) is 1.37. The fourth-order valence-corrected chi connectivity index (χ4v) is 2.43. The monoisotopic (exact) mass is 352 g/mol. The smallest absolute Gasteiger partial charge is 0.274 e. The molecular weight excluding hydrogens is 336 g/mol. The lowest BCUT2D eigenvalue weighted by molar-refractivity contribution is 0.102. The molecule has 0 unspecified atom stereocenters. The van der Waals surface area contributed by atoms with Crippen molar-refractivity contribution in [1.82, 2.24) is 9.97 Å². The van der Waals surface area contributed by atoms with Crippen molar-refractivity contribution in [3.05, 3.63) is 82.8 Å². The predicted octanol–water partition coefficient (Wildman–Crippen LogP) is 4.30. The maximum atomic E-state index is 12.3. The number of amides is 1. The summed E-state index contributed by atoms with van der Waals surface area (Å²) in [6, 6.07) is 16.6. The molecule has 0 atom stereocenters. The number of nitrogens with zero attached hydrogens (tertiary/aromatic N) is 2. The van der Waals surface area contributed by atoms with Crippen molar-refractivity contribution in [2.24, 2.45) is 0 Å². The third kappa shape index (κ3) is 4.55. The highest BCUT2D eigenvalue weighted by atomic mass is 35.5. The fraction of sp³-hybridized carbons (Fsp3) is 0.105. The van der Waals surface area contributed by atoms with Crippen LogP contribution in [0, 0.1) is 6.92 Å². The van der Waals surface area contributed by atoms with Gasteiger partial charge in [-0.2, -0.15) is 0 Å². The van der Waals surface area contributed by atoms with E-state index in [9.17, 15) is 4.79 Å². The minimum absolute atomic E-state index is 0.289. The number of aromatic nitrogens is 2. The van der Waals surface area contributed by atoms with Gasteiger partial charge in [-0.1, -0.05) is 35.9 Å². The zero-order chi connectivity index (χ0) is 17.6. The van der Waals surface area contributed by atoms with E-state index in [4.69, 9.17) is 11.6 Å². The Balaban J connectivity index is 1.67. The number of aryl methyl sites for hydroxylation is 1. The minimum atomic E-state index is -0.302. The van der Waals surface area contributed by atoms with Crippen LogP contribution in [0.25, 0.3) is 0 Å². The standard InChI is InChI=1S/C19H17ClN4O/c1-13-4-2-3-5-14(13)11-21-18-10-17(22-12-23-18)19(25)24-16-8-6-15(20)7-9-16/h2-10,12H,11H2,1H3,(H,24,25)(H,21,22,23). The van der Waals surface area contributed by atoms with Crippen LogP contribution in [0.1, 0.15) is 21.6 Å². The van der Waals surface area contributed by atoms with Gasteiger partial charge in [-0.25, -0.2) is 9.97 Å². The van der Waals surface area contributed by atoms with Crippen LogP contribution in [0.3, 0.4) is 0 Å². The Bertz CT molecular complexity index is 881. The van der Waals surface area contributed by atoms with Crippen LogP contribution in [-0.4, -0.2) is 15.9 Å². The molecule has 0 aliphatic heterocycles. The Morgan fingerprint density at radius 1 is 1.08 bits per heavy atom. The molecule has 5 nitrogen and oxygen atoms in total. The molecule has 126 valence electrons. The molecule has 3 aromatic rings. The zero-order valence-corrected chi connectivity index (χ0v) is 14.4. The largest absolute Gasteiger partial charge is 0.366 e. The minimum Gasteiger partial charge on any atom is -0.366 e. The van der Waals surface area contributed by atoms with Gasteiger partial charge in [0.05, 0.1) is 0 Å². The molecule has 0 saturated heterocycles. The van der Waals surface area contributed by atoms with Gasteiger partial charge in [0, 0.05) is 23.3 Å². The highest BCUT2D eigenvalue weighted by molar-refractivity contribution is 6.30. The summed E-state index contributed by atoms with van der Waals surface area (Å²) >= 11 is 5.84. The Morgan fingerprint density at radius 3 is 2.60 bits per heavy atom. The molecule has 1 heterocycles. The number of hydrogen-bond acceptors (Lipinski definition) is 4. The van der Waals surface area contributed by atoms with Crippen molar-refractivity contribution in [1.29, 1.82) is 0 Å². The van der Waals surface area contributed by atoms with Crippen LogP contribution in [0.4, 0.5) is 11.5 Å². The van der Waals surface area contributed by atoms with Gasteiger partial charge in [-0.3, -0.25) is 4.79 Å². The Kier molecular flexibility index (Phi) is 5.26. The maximum absolute atomic E-state index is 12.3. The number of nitrogens with one attached hydrogen (secondary N) is 2. The second-order valence-corrected chi connectivity index (χ2v) is 5.97. The number of carbonyl (C=O) groups excluding carboxylic acids is 1. The van der Waals surface area contributed by atoms with Crippen LogP contribution >= 0.6 is 11.6 Å². The molecule has 0 saturated carbocycles. The molecule has 1 aromatic heterocycles. The van der Waals surface area contributed by atoms with Gasteiger partial charge in [0.2, 0.25) is 0 Å². The molecule has 0 aliphatic carbocycles. The van der Waals surface area contributed by atoms with Crippen molar-refractivity contribution < 1.29 is 4.79 Å². The second kappa shape index (κ2) is 7.77. The first-order valence-corrected chi connectivity index (χ1v) is 8.17. The highest BCUT2D eigenvalue weighted by Gasteiger charge is 2.09. The summed E-state index contributed by atoms with van der Waals surface area (Å²) in [5, 5.41) is 6.61. The Labute approximate surface area is 151 Å². The van der Waals surface area contributed by atoms with Crippen LogP contribution in [0.5, 0.6) is 0 Å². The third-order valence-corrected chi connectivity index (χ3v) is 3.97. The molecule has 2 N–H and O–H groups in total. The van der Waals surface area contributed by atoms with E-state index >= 15 is 0 Å². The molecule has 0 radical (unpaired) electrons. The van der Waals surface area contributed by atoms with E-state index in [0.717, 1.165) is 0 Å². The molecule has 0 aliphatic rings. The van der Waals surface area contributed by atoms with Crippen molar-refractivity contribution in [3.8, 4) is 0 Å². The molecule has 0 fully saturated rings. The quantitative estimate of drug-likeness (QED) is 0.718. The number of anilines is 2. The Hall–Kier alpha value is -2.92. The third-order valence-electron chi connectivity index (χ3n) is 3.72. The van der Waals surface area contributed by atoms with E-state index in [0.29, 0.717) is 23.1 Å². The average Bonchev–Trinajstić information content (AvgIpc) is 2.63.